The Kier molecular flexibility index (Phi) is 7.06. The second kappa shape index (κ2) is 9.04. The van der Waals surface area contributed by atoms with Gasteiger partial charge in [0, 0.05) is 28.4 Å². The Labute approximate surface area is 152 Å². The van der Waals surface area contributed by atoms with Gasteiger partial charge >= 0.3 is 0 Å². The van der Waals surface area contributed by atoms with E-state index in [2.05, 4.69) is 5.32 Å². The lowest BCUT2D eigenvalue weighted by Crippen LogP contribution is -2.92. The number of quaternary nitrogens is 1. The predicted molar refractivity (Wildman–Crippen MR) is 97.5 cm³/mol. The summed E-state index contributed by atoms with van der Waals surface area (Å²) in [5.74, 6) is -0.137. The van der Waals surface area contributed by atoms with Crippen LogP contribution in [0.15, 0.2) is 48.5 Å². The molecule has 0 spiro atoms. The van der Waals surface area contributed by atoms with Crippen molar-refractivity contribution in [3.63, 3.8) is 0 Å². The van der Waals surface area contributed by atoms with Crippen LogP contribution in [0.5, 0.6) is 0 Å². The summed E-state index contributed by atoms with van der Waals surface area (Å²) in [6, 6.07) is 14.3. The van der Waals surface area contributed by atoms with E-state index < -0.39 is 6.04 Å². The predicted octanol–water partition coefficient (Wildman–Crippen LogP) is 3.27. The molecule has 0 aliphatic rings. The molecular weight excluding hydrogens is 347 g/mol. The quantitative estimate of drug-likeness (QED) is 0.788. The Morgan fingerprint density at radius 2 is 1.79 bits per heavy atom. The van der Waals surface area contributed by atoms with Gasteiger partial charge in [-0.25, -0.2) is 0 Å². The molecule has 0 bridgehead atoms. The summed E-state index contributed by atoms with van der Waals surface area (Å²) in [7, 11) is 1.65. The molecule has 128 valence electrons. The maximum Gasteiger partial charge on any atom is 0.287 e. The molecule has 2 atom stereocenters. The van der Waals surface area contributed by atoms with Crippen molar-refractivity contribution >= 4 is 34.8 Å². The number of amides is 1. The fraction of sp³-hybridized carbons (Fsp3) is 0.278. The van der Waals surface area contributed by atoms with E-state index in [1.54, 1.807) is 25.3 Å². The molecule has 0 fully saturated rings. The van der Waals surface area contributed by atoms with E-state index in [-0.39, 0.29) is 11.9 Å². The molecule has 24 heavy (non-hydrogen) atoms. The SMILES string of the molecule is COC[C@H](C)[NH2+][C@@H](C(=O)Nc1cc(Cl)cc(Cl)c1)c1ccccc1. The Morgan fingerprint density at radius 3 is 2.38 bits per heavy atom. The van der Waals surface area contributed by atoms with Crippen LogP contribution in [0.4, 0.5) is 5.69 Å². The van der Waals surface area contributed by atoms with Crippen molar-refractivity contribution in [1.29, 1.82) is 0 Å². The number of nitrogens with two attached hydrogens (primary N) is 1. The van der Waals surface area contributed by atoms with Gasteiger partial charge < -0.3 is 15.4 Å². The van der Waals surface area contributed by atoms with Crippen LogP contribution >= 0.6 is 23.2 Å². The third-order valence-corrected chi connectivity index (χ3v) is 3.96. The van der Waals surface area contributed by atoms with E-state index in [1.807, 2.05) is 42.6 Å². The van der Waals surface area contributed by atoms with E-state index in [1.165, 1.54) is 0 Å². The molecular formula is C18H21Cl2N2O2+. The number of ether oxygens (including phenoxy) is 1. The average molecular weight is 368 g/mol. The molecule has 0 radical (unpaired) electrons. The van der Waals surface area contributed by atoms with Crippen molar-refractivity contribution in [3.05, 3.63) is 64.1 Å². The van der Waals surface area contributed by atoms with Gasteiger partial charge in [0.2, 0.25) is 0 Å². The van der Waals surface area contributed by atoms with E-state index >= 15 is 0 Å². The third-order valence-electron chi connectivity index (χ3n) is 3.52. The molecule has 0 saturated carbocycles. The van der Waals surface area contributed by atoms with Crippen LogP contribution in [0.1, 0.15) is 18.5 Å². The largest absolute Gasteiger partial charge is 0.379 e. The Morgan fingerprint density at radius 1 is 1.17 bits per heavy atom. The molecule has 0 aromatic heterocycles. The molecule has 0 aliphatic carbocycles. The minimum Gasteiger partial charge on any atom is -0.379 e. The normalized spacial score (nSPS) is 13.3. The highest BCUT2D eigenvalue weighted by molar-refractivity contribution is 6.35. The number of carbonyl (C=O) groups excluding carboxylic acids is 1. The van der Waals surface area contributed by atoms with Crippen molar-refractivity contribution in [2.75, 3.05) is 19.0 Å². The standard InChI is InChI=1S/C18H20Cl2N2O2/c1-12(11-24-2)21-17(13-6-4-3-5-7-13)18(23)22-16-9-14(19)8-15(20)10-16/h3-10,12,17,21H,11H2,1-2H3,(H,22,23)/p+1/t12-,17+/m0/s1. The van der Waals surface area contributed by atoms with Crippen molar-refractivity contribution in [2.24, 2.45) is 0 Å². The van der Waals surface area contributed by atoms with Crippen LogP contribution in [0, 0.1) is 0 Å². The number of carbonyl (C=O) groups is 1. The van der Waals surface area contributed by atoms with Crippen LogP contribution in [-0.2, 0) is 9.53 Å². The average Bonchev–Trinajstić information content (AvgIpc) is 2.52. The molecule has 1 amide bonds. The third kappa shape index (κ3) is 5.49. The van der Waals surface area contributed by atoms with Gasteiger partial charge in [-0.3, -0.25) is 4.79 Å². The summed E-state index contributed by atoms with van der Waals surface area (Å²) in [5.41, 5.74) is 1.50. The molecule has 2 aromatic rings. The minimum absolute atomic E-state index is 0.133. The molecule has 2 aromatic carbocycles. The first-order valence-corrected chi connectivity index (χ1v) is 8.41. The Hall–Kier alpha value is -1.59. The first kappa shape index (κ1) is 18.7. The van der Waals surface area contributed by atoms with Crippen LogP contribution in [0.3, 0.4) is 0 Å². The number of hydrogen-bond donors (Lipinski definition) is 2. The smallest absolute Gasteiger partial charge is 0.287 e. The first-order chi connectivity index (χ1) is 11.5. The second-order valence-corrected chi connectivity index (χ2v) is 6.53. The van der Waals surface area contributed by atoms with Gasteiger partial charge in [-0.05, 0) is 25.1 Å². The highest BCUT2D eigenvalue weighted by atomic mass is 35.5. The highest BCUT2D eigenvalue weighted by Crippen LogP contribution is 2.23. The fourth-order valence-corrected chi connectivity index (χ4v) is 3.03. The van der Waals surface area contributed by atoms with E-state index in [0.717, 1.165) is 5.56 Å². The minimum atomic E-state index is -0.394. The van der Waals surface area contributed by atoms with E-state index in [4.69, 9.17) is 27.9 Å². The van der Waals surface area contributed by atoms with Crippen molar-refractivity contribution < 1.29 is 14.8 Å². The van der Waals surface area contributed by atoms with Gasteiger partial charge in [-0.1, -0.05) is 53.5 Å². The number of benzene rings is 2. The van der Waals surface area contributed by atoms with Gasteiger partial charge in [0.05, 0.1) is 6.61 Å². The molecule has 0 saturated heterocycles. The lowest BCUT2D eigenvalue weighted by atomic mass is 10.0. The molecule has 3 N–H and O–H groups in total. The summed E-state index contributed by atoms with van der Waals surface area (Å²) >= 11 is 12.0. The number of methoxy groups -OCH3 is 1. The van der Waals surface area contributed by atoms with Gasteiger partial charge in [0.15, 0.2) is 6.04 Å². The lowest BCUT2D eigenvalue weighted by molar-refractivity contribution is -0.713. The number of nitrogens with one attached hydrogen (secondary N) is 1. The van der Waals surface area contributed by atoms with E-state index in [0.29, 0.717) is 22.3 Å². The monoisotopic (exact) mass is 367 g/mol. The topological polar surface area (TPSA) is 54.9 Å². The molecule has 6 heteroatoms. The van der Waals surface area contributed by atoms with Crippen LogP contribution in [-0.4, -0.2) is 25.7 Å². The summed E-state index contributed by atoms with van der Waals surface area (Å²) in [5, 5.41) is 5.83. The molecule has 2 rings (SSSR count). The number of anilines is 1. The maximum absolute atomic E-state index is 12.8. The zero-order valence-electron chi connectivity index (χ0n) is 13.6. The van der Waals surface area contributed by atoms with Crippen molar-refractivity contribution in [1.82, 2.24) is 0 Å². The van der Waals surface area contributed by atoms with Crippen LogP contribution < -0.4 is 10.6 Å². The second-order valence-electron chi connectivity index (χ2n) is 5.66. The molecule has 0 unspecified atom stereocenters. The van der Waals surface area contributed by atoms with Crippen molar-refractivity contribution in [3.8, 4) is 0 Å². The van der Waals surface area contributed by atoms with Gasteiger partial charge in [-0.2, -0.15) is 0 Å². The molecule has 4 nitrogen and oxygen atoms in total. The zero-order chi connectivity index (χ0) is 17.5. The van der Waals surface area contributed by atoms with Gasteiger partial charge in [0.1, 0.15) is 6.04 Å². The summed E-state index contributed by atoms with van der Waals surface area (Å²) in [6.45, 7) is 2.57. The summed E-state index contributed by atoms with van der Waals surface area (Å²) in [4.78, 5) is 12.8. The van der Waals surface area contributed by atoms with Crippen molar-refractivity contribution in [2.45, 2.75) is 19.0 Å². The number of halogens is 2. The summed E-state index contributed by atoms with van der Waals surface area (Å²) < 4.78 is 5.17. The van der Waals surface area contributed by atoms with Crippen LogP contribution in [0.2, 0.25) is 10.0 Å². The first-order valence-electron chi connectivity index (χ1n) is 7.65. The summed E-state index contributed by atoms with van der Waals surface area (Å²) in [6.07, 6.45) is 0. The highest BCUT2D eigenvalue weighted by Gasteiger charge is 2.26. The van der Waals surface area contributed by atoms with Gasteiger partial charge in [-0.15, -0.1) is 0 Å². The Balaban J connectivity index is 2.20. The van der Waals surface area contributed by atoms with E-state index in [9.17, 15) is 4.79 Å². The van der Waals surface area contributed by atoms with Crippen LogP contribution in [0.25, 0.3) is 0 Å². The Bertz CT molecular complexity index is 660. The zero-order valence-corrected chi connectivity index (χ0v) is 15.1. The molecule has 0 aliphatic heterocycles. The number of rotatable bonds is 7. The van der Waals surface area contributed by atoms with Gasteiger partial charge in [0.25, 0.3) is 5.91 Å². The lowest BCUT2D eigenvalue weighted by Gasteiger charge is -2.20. The number of hydrogen-bond acceptors (Lipinski definition) is 2. The maximum atomic E-state index is 12.8. The fourth-order valence-electron chi connectivity index (χ4n) is 2.50. The molecule has 0 heterocycles.